The Labute approximate surface area is 161 Å². The SMILES string of the molecule is C[C@H](Sc1n[nH]c(-c2ccccc2F)n1)C(=O)Nc1ccc(F)c([N+](=O)[O-])c1. The Balaban J connectivity index is 1.68. The zero-order valence-corrected chi connectivity index (χ0v) is 15.2. The maximum atomic E-state index is 13.8. The zero-order chi connectivity index (χ0) is 20.3. The van der Waals surface area contributed by atoms with Gasteiger partial charge in [-0.3, -0.25) is 20.0 Å². The van der Waals surface area contributed by atoms with Gasteiger partial charge in [0.05, 0.1) is 15.7 Å². The first-order valence-electron chi connectivity index (χ1n) is 7.94. The summed E-state index contributed by atoms with van der Waals surface area (Å²) in [5, 5.41) is 19.4. The van der Waals surface area contributed by atoms with Crippen LogP contribution in [0.2, 0.25) is 0 Å². The van der Waals surface area contributed by atoms with E-state index < -0.39 is 33.4 Å². The molecule has 2 N–H and O–H groups in total. The van der Waals surface area contributed by atoms with Crippen LogP contribution in [0.5, 0.6) is 0 Å². The maximum absolute atomic E-state index is 13.8. The summed E-state index contributed by atoms with van der Waals surface area (Å²) in [6, 6.07) is 9.11. The zero-order valence-electron chi connectivity index (χ0n) is 14.3. The Morgan fingerprint density at radius 2 is 2.00 bits per heavy atom. The molecular formula is C17H13F2N5O3S. The molecule has 0 aliphatic heterocycles. The largest absolute Gasteiger partial charge is 0.325 e. The molecule has 0 spiro atoms. The van der Waals surface area contributed by atoms with Gasteiger partial charge in [0.1, 0.15) is 5.82 Å². The monoisotopic (exact) mass is 405 g/mol. The van der Waals surface area contributed by atoms with Crippen molar-refractivity contribution < 1.29 is 18.5 Å². The second-order valence-electron chi connectivity index (χ2n) is 5.62. The van der Waals surface area contributed by atoms with Gasteiger partial charge in [-0.05, 0) is 31.2 Å². The van der Waals surface area contributed by atoms with Gasteiger partial charge in [-0.25, -0.2) is 9.37 Å². The summed E-state index contributed by atoms with van der Waals surface area (Å²) < 4.78 is 27.2. The molecule has 1 atom stereocenters. The fraction of sp³-hybridized carbons (Fsp3) is 0.118. The van der Waals surface area contributed by atoms with Crippen LogP contribution in [0.4, 0.5) is 20.2 Å². The number of nitro groups is 1. The third kappa shape index (κ3) is 4.31. The first-order chi connectivity index (χ1) is 13.3. The summed E-state index contributed by atoms with van der Waals surface area (Å²) in [7, 11) is 0. The van der Waals surface area contributed by atoms with Crippen LogP contribution in [0, 0.1) is 21.7 Å². The van der Waals surface area contributed by atoms with E-state index >= 15 is 0 Å². The predicted molar refractivity (Wildman–Crippen MR) is 98.8 cm³/mol. The van der Waals surface area contributed by atoms with Crippen molar-refractivity contribution in [1.29, 1.82) is 0 Å². The molecule has 3 rings (SSSR count). The summed E-state index contributed by atoms with van der Waals surface area (Å²) in [6.45, 7) is 1.58. The number of carbonyl (C=O) groups is 1. The second kappa shape index (κ2) is 8.13. The molecule has 3 aromatic rings. The van der Waals surface area contributed by atoms with Crippen LogP contribution in [-0.2, 0) is 4.79 Å². The number of aromatic amines is 1. The van der Waals surface area contributed by atoms with Crippen molar-refractivity contribution >= 4 is 29.0 Å². The minimum Gasteiger partial charge on any atom is -0.325 e. The van der Waals surface area contributed by atoms with E-state index in [1.807, 2.05) is 0 Å². The summed E-state index contributed by atoms with van der Waals surface area (Å²) in [4.78, 5) is 26.4. The fourth-order valence-corrected chi connectivity index (χ4v) is 2.98. The average molecular weight is 405 g/mol. The number of nitrogens with zero attached hydrogens (tertiary/aromatic N) is 3. The summed E-state index contributed by atoms with van der Waals surface area (Å²) in [5.74, 6) is -1.71. The number of H-pyrrole nitrogens is 1. The molecule has 11 heteroatoms. The molecule has 0 saturated heterocycles. The molecule has 0 saturated carbocycles. The molecule has 0 bridgehead atoms. The number of carbonyl (C=O) groups excluding carboxylic acids is 1. The number of halogens is 2. The van der Waals surface area contributed by atoms with E-state index in [9.17, 15) is 23.7 Å². The number of rotatable bonds is 6. The van der Waals surface area contributed by atoms with Crippen LogP contribution < -0.4 is 5.32 Å². The lowest BCUT2D eigenvalue weighted by molar-refractivity contribution is -0.387. The highest BCUT2D eigenvalue weighted by Gasteiger charge is 2.20. The minimum atomic E-state index is -0.994. The summed E-state index contributed by atoms with van der Waals surface area (Å²) in [5.41, 5.74) is -0.397. The Morgan fingerprint density at radius 3 is 2.71 bits per heavy atom. The number of aromatic nitrogens is 3. The first-order valence-corrected chi connectivity index (χ1v) is 8.82. The van der Waals surface area contributed by atoms with Crippen molar-refractivity contribution in [3.63, 3.8) is 0 Å². The van der Waals surface area contributed by atoms with Gasteiger partial charge < -0.3 is 5.32 Å². The van der Waals surface area contributed by atoms with E-state index in [2.05, 4.69) is 20.5 Å². The number of hydrogen-bond donors (Lipinski definition) is 2. The third-order valence-corrected chi connectivity index (χ3v) is 4.62. The normalized spacial score (nSPS) is 11.8. The summed E-state index contributed by atoms with van der Waals surface area (Å²) in [6.07, 6.45) is 0. The average Bonchev–Trinajstić information content (AvgIpc) is 3.11. The van der Waals surface area contributed by atoms with E-state index in [1.165, 1.54) is 12.1 Å². The van der Waals surface area contributed by atoms with Gasteiger partial charge in [-0.15, -0.1) is 5.10 Å². The van der Waals surface area contributed by atoms with Crippen molar-refractivity contribution in [1.82, 2.24) is 15.2 Å². The van der Waals surface area contributed by atoms with Gasteiger partial charge in [0, 0.05) is 11.8 Å². The molecule has 1 aromatic heterocycles. The third-order valence-electron chi connectivity index (χ3n) is 3.66. The first kappa shape index (κ1) is 19.4. The molecule has 2 aromatic carbocycles. The number of thioether (sulfide) groups is 1. The van der Waals surface area contributed by atoms with Crippen molar-refractivity contribution in [3.05, 3.63) is 64.2 Å². The van der Waals surface area contributed by atoms with Crippen LogP contribution >= 0.6 is 11.8 Å². The van der Waals surface area contributed by atoms with Crippen molar-refractivity contribution in [2.75, 3.05) is 5.32 Å². The lowest BCUT2D eigenvalue weighted by Crippen LogP contribution is -2.22. The van der Waals surface area contributed by atoms with Crippen LogP contribution in [0.1, 0.15) is 6.92 Å². The Morgan fingerprint density at radius 1 is 1.25 bits per heavy atom. The van der Waals surface area contributed by atoms with Crippen LogP contribution in [0.15, 0.2) is 47.6 Å². The van der Waals surface area contributed by atoms with Crippen molar-refractivity contribution in [2.24, 2.45) is 0 Å². The molecule has 0 unspecified atom stereocenters. The summed E-state index contributed by atoms with van der Waals surface area (Å²) >= 11 is 1.01. The van der Waals surface area contributed by atoms with Crippen LogP contribution in [0.25, 0.3) is 11.4 Å². The Hall–Kier alpha value is -3.34. The quantitative estimate of drug-likeness (QED) is 0.367. The van der Waals surface area contributed by atoms with E-state index in [4.69, 9.17) is 0 Å². The lowest BCUT2D eigenvalue weighted by Gasteiger charge is -2.10. The number of amides is 1. The van der Waals surface area contributed by atoms with Crippen LogP contribution in [0.3, 0.4) is 0 Å². The topological polar surface area (TPSA) is 114 Å². The van der Waals surface area contributed by atoms with E-state index in [0.717, 1.165) is 23.9 Å². The molecule has 144 valence electrons. The molecule has 0 fully saturated rings. The minimum absolute atomic E-state index is 0.0904. The highest BCUT2D eigenvalue weighted by atomic mass is 32.2. The molecule has 0 aliphatic rings. The molecule has 1 amide bonds. The number of hydrogen-bond acceptors (Lipinski definition) is 6. The molecule has 8 nitrogen and oxygen atoms in total. The van der Waals surface area contributed by atoms with Gasteiger partial charge in [-0.1, -0.05) is 23.9 Å². The van der Waals surface area contributed by atoms with Crippen LogP contribution in [-0.4, -0.2) is 31.3 Å². The predicted octanol–water partition coefficient (Wildman–Crippen LogP) is 3.78. The Bertz CT molecular complexity index is 1040. The number of nitro benzene ring substituents is 1. The van der Waals surface area contributed by atoms with E-state index in [1.54, 1.807) is 25.1 Å². The van der Waals surface area contributed by atoms with Gasteiger partial charge in [0.15, 0.2) is 5.82 Å². The van der Waals surface area contributed by atoms with Gasteiger partial charge in [0.2, 0.25) is 16.9 Å². The molecule has 0 radical (unpaired) electrons. The van der Waals surface area contributed by atoms with Crippen molar-refractivity contribution in [2.45, 2.75) is 17.3 Å². The number of benzene rings is 2. The lowest BCUT2D eigenvalue weighted by atomic mass is 10.2. The number of anilines is 1. The Kier molecular flexibility index (Phi) is 5.64. The number of nitrogens with one attached hydrogen (secondary N) is 2. The van der Waals surface area contributed by atoms with E-state index in [0.29, 0.717) is 0 Å². The molecule has 1 heterocycles. The van der Waals surface area contributed by atoms with Gasteiger partial charge in [0.25, 0.3) is 0 Å². The highest BCUT2D eigenvalue weighted by Crippen LogP contribution is 2.26. The standard InChI is InChI=1S/C17H13F2N5O3S/c1-9(16(25)20-10-6-7-13(19)14(8-10)24(26)27)28-17-21-15(22-23-17)11-4-2-3-5-12(11)18/h2-9H,1H3,(H,20,25)(H,21,22,23)/t9-/m0/s1. The van der Waals surface area contributed by atoms with Gasteiger partial charge >= 0.3 is 5.69 Å². The van der Waals surface area contributed by atoms with Gasteiger partial charge in [-0.2, -0.15) is 4.39 Å². The van der Waals surface area contributed by atoms with Crippen molar-refractivity contribution in [3.8, 4) is 11.4 Å². The smallest absolute Gasteiger partial charge is 0.306 e. The highest BCUT2D eigenvalue weighted by molar-refractivity contribution is 8.00. The molecule has 0 aliphatic carbocycles. The fourth-order valence-electron chi connectivity index (χ4n) is 2.26. The van der Waals surface area contributed by atoms with E-state index in [-0.39, 0.29) is 22.2 Å². The second-order valence-corrected chi connectivity index (χ2v) is 6.93. The molecular weight excluding hydrogens is 392 g/mol. The maximum Gasteiger partial charge on any atom is 0.306 e. The molecule has 28 heavy (non-hydrogen) atoms.